The van der Waals surface area contributed by atoms with Crippen LogP contribution < -0.4 is 10.9 Å². The maximum absolute atomic E-state index is 12.6. The number of hydrogen-bond acceptors (Lipinski definition) is 2. The zero-order valence-electron chi connectivity index (χ0n) is 10.9. The zero-order chi connectivity index (χ0) is 12.7. The van der Waals surface area contributed by atoms with Gasteiger partial charge in [0, 0.05) is 30.3 Å². The molecule has 2 aliphatic rings. The number of aromatic nitrogens is 1. The van der Waals surface area contributed by atoms with Gasteiger partial charge in [0.25, 0.3) is 5.56 Å². The lowest BCUT2D eigenvalue weighted by Gasteiger charge is -2.38. The van der Waals surface area contributed by atoms with Crippen LogP contribution in [-0.4, -0.2) is 17.7 Å². The average molecular weight is 244 g/mol. The van der Waals surface area contributed by atoms with Crippen molar-refractivity contribution in [3.63, 3.8) is 0 Å². The van der Waals surface area contributed by atoms with Crippen LogP contribution in [-0.2, 0) is 13.0 Å². The van der Waals surface area contributed by atoms with Gasteiger partial charge in [0.2, 0.25) is 0 Å². The molecule has 2 aliphatic heterocycles. The highest BCUT2D eigenvalue weighted by atomic mass is 16.1. The molecule has 1 fully saturated rings. The number of nitrogens with one attached hydrogen (secondary N) is 1. The van der Waals surface area contributed by atoms with Gasteiger partial charge in [-0.1, -0.05) is 6.08 Å². The normalized spacial score (nSPS) is 25.6. The lowest BCUT2D eigenvalue weighted by molar-refractivity contribution is 0.256. The fourth-order valence-electron chi connectivity index (χ4n) is 3.41. The maximum Gasteiger partial charge on any atom is 0.254 e. The first-order chi connectivity index (χ1) is 8.70. The summed E-state index contributed by atoms with van der Waals surface area (Å²) in [4.78, 5) is 12.6. The second-order valence-corrected chi connectivity index (χ2v) is 5.60. The van der Waals surface area contributed by atoms with Gasteiger partial charge in [0.05, 0.1) is 0 Å². The molecule has 2 unspecified atom stereocenters. The number of pyridine rings is 1. The molecule has 18 heavy (non-hydrogen) atoms. The minimum atomic E-state index is 0.210. The van der Waals surface area contributed by atoms with Crippen LogP contribution in [0.3, 0.4) is 0 Å². The van der Waals surface area contributed by atoms with Gasteiger partial charge in [-0.2, -0.15) is 0 Å². The monoisotopic (exact) mass is 244 g/mol. The second kappa shape index (κ2) is 4.39. The first kappa shape index (κ1) is 11.7. The summed E-state index contributed by atoms with van der Waals surface area (Å²) in [6.45, 7) is 8.73. The lowest BCUT2D eigenvalue weighted by atomic mass is 9.83. The van der Waals surface area contributed by atoms with Crippen LogP contribution in [0.25, 0.3) is 0 Å². The van der Waals surface area contributed by atoms with Crippen molar-refractivity contribution >= 4 is 0 Å². The first-order valence-electron chi connectivity index (χ1n) is 6.75. The smallest absolute Gasteiger partial charge is 0.254 e. The summed E-state index contributed by atoms with van der Waals surface area (Å²) in [5.74, 6) is 1.13. The summed E-state index contributed by atoms with van der Waals surface area (Å²) in [6, 6.07) is 2.22. The van der Waals surface area contributed by atoms with E-state index in [9.17, 15) is 4.79 Å². The van der Waals surface area contributed by atoms with Crippen LogP contribution in [0.4, 0.5) is 0 Å². The topological polar surface area (TPSA) is 34.0 Å². The second-order valence-electron chi connectivity index (χ2n) is 5.60. The molecular formula is C15H20N2O. The molecule has 0 spiro atoms. The van der Waals surface area contributed by atoms with Crippen LogP contribution in [0.5, 0.6) is 0 Å². The van der Waals surface area contributed by atoms with Crippen molar-refractivity contribution in [3.8, 4) is 0 Å². The molecule has 1 aromatic heterocycles. The van der Waals surface area contributed by atoms with Gasteiger partial charge in [-0.3, -0.25) is 4.79 Å². The highest BCUT2D eigenvalue weighted by Gasteiger charge is 2.31. The predicted octanol–water partition coefficient (Wildman–Crippen LogP) is 1.59. The number of hydrogen-bond donors (Lipinski definition) is 1. The van der Waals surface area contributed by atoms with E-state index in [0.717, 1.165) is 30.8 Å². The number of allylic oxidation sites excluding steroid dienone is 1. The highest BCUT2D eigenvalue weighted by Crippen LogP contribution is 2.32. The van der Waals surface area contributed by atoms with Crippen LogP contribution in [0.2, 0.25) is 0 Å². The van der Waals surface area contributed by atoms with Crippen LogP contribution in [0, 0.1) is 12.8 Å². The van der Waals surface area contributed by atoms with E-state index in [0.29, 0.717) is 18.3 Å². The molecule has 2 bridgehead atoms. The Balaban J connectivity index is 2.15. The molecule has 1 N–H and O–H groups in total. The molecule has 1 saturated heterocycles. The van der Waals surface area contributed by atoms with E-state index in [1.807, 2.05) is 17.6 Å². The molecule has 3 heteroatoms. The van der Waals surface area contributed by atoms with Crippen molar-refractivity contribution in [2.45, 2.75) is 32.2 Å². The Morgan fingerprint density at radius 2 is 2.39 bits per heavy atom. The average Bonchev–Trinajstić information content (AvgIpc) is 2.37. The SMILES string of the molecule is C=CCc1c(C)cc2n(c1=O)CC1CNCC2C1. The van der Waals surface area contributed by atoms with Gasteiger partial charge in [-0.15, -0.1) is 6.58 Å². The molecule has 0 saturated carbocycles. The largest absolute Gasteiger partial charge is 0.316 e. The summed E-state index contributed by atoms with van der Waals surface area (Å²) >= 11 is 0. The highest BCUT2D eigenvalue weighted by molar-refractivity contribution is 5.31. The molecule has 0 radical (unpaired) electrons. The van der Waals surface area contributed by atoms with Gasteiger partial charge in [0.15, 0.2) is 0 Å². The molecule has 3 rings (SSSR count). The molecule has 3 nitrogen and oxygen atoms in total. The Bertz CT molecular complexity index is 544. The summed E-state index contributed by atoms with van der Waals surface area (Å²) in [6.07, 6.45) is 3.73. The van der Waals surface area contributed by atoms with E-state index in [1.165, 1.54) is 12.1 Å². The van der Waals surface area contributed by atoms with Gasteiger partial charge >= 0.3 is 0 Å². The summed E-state index contributed by atoms with van der Waals surface area (Å²) in [7, 11) is 0. The number of piperidine rings is 1. The molecule has 96 valence electrons. The fourth-order valence-corrected chi connectivity index (χ4v) is 3.41. The van der Waals surface area contributed by atoms with Gasteiger partial charge < -0.3 is 9.88 Å². The van der Waals surface area contributed by atoms with Crippen LogP contribution >= 0.6 is 0 Å². The van der Waals surface area contributed by atoms with E-state index in [1.54, 1.807) is 0 Å². The fraction of sp³-hybridized carbons (Fsp3) is 0.533. The Labute approximate surface area is 108 Å². The number of aryl methyl sites for hydroxylation is 1. The van der Waals surface area contributed by atoms with Crippen molar-refractivity contribution in [3.05, 3.63) is 45.9 Å². The van der Waals surface area contributed by atoms with Crippen molar-refractivity contribution in [1.82, 2.24) is 9.88 Å². The molecule has 1 aromatic rings. The molecule has 3 heterocycles. The van der Waals surface area contributed by atoms with E-state index in [-0.39, 0.29) is 5.56 Å². The summed E-state index contributed by atoms with van der Waals surface area (Å²) < 4.78 is 2.02. The Hall–Kier alpha value is -1.35. The van der Waals surface area contributed by atoms with Gasteiger partial charge in [0.1, 0.15) is 0 Å². The van der Waals surface area contributed by atoms with Gasteiger partial charge in [-0.25, -0.2) is 0 Å². The van der Waals surface area contributed by atoms with E-state index >= 15 is 0 Å². The van der Waals surface area contributed by atoms with Crippen molar-refractivity contribution in [2.75, 3.05) is 13.1 Å². The van der Waals surface area contributed by atoms with Crippen molar-refractivity contribution in [1.29, 1.82) is 0 Å². The standard InChI is InChI=1S/C15H20N2O/c1-3-4-13-10(2)5-14-12-6-11(7-16-8-12)9-17(14)15(13)18/h3,5,11-12,16H,1,4,6-9H2,2H3. The third-order valence-corrected chi connectivity index (χ3v) is 4.30. The maximum atomic E-state index is 12.6. The molecule has 0 aliphatic carbocycles. The van der Waals surface area contributed by atoms with Crippen molar-refractivity contribution < 1.29 is 0 Å². The Kier molecular flexibility index (Phi) is 2.86. The minimum Gasteiger partial charge on any atom is -0.316 e. The van der Waals surface area contributed by atoms with Crippen molar-refractivity contribution in [2.24, 2.45) is 5.92 Å². The number of nitrogens with zero attached hydrogens (tertiary/aromatic N) is 1. The molecule has 2 atom stereocenters. The lowest BCUT2D eigenvalue weighted by Crippen LogP contribution is -2.45. The number of rotatable bonds is 2. The molecular weight excluding hydrogens is 224 g/mol. The molecule has 0 aromatic carbocycles. The Morgan fingerprint density at radius 3 is 3.17 bits per heavy atom. The third kappa shape index (κ3) is 1.74. The summed E-state index contributed by atoms with van der Waals surface area (Å²) in [5.41, 5.74) is 3.48. The predicted molar refractivity (Wildman–Crippen MR) is 73.1 cm³/mol. The van der Waals surface area contributed by atoms with E-state index < -0.39 is 0 Å². The Morgan fingerprint density at radius 1 is 1.56 bits per heavy atom. The summed E-state index contributed by atoms with van der Waals surface area (Å²) in [5, 5.41) is 3.47. The third-order valence-electron chi connectivity index (χ3n) is 4.30. The van der Waals surface area contributed by atoms with Gasteiger partial charge in [-0.05, 0) is 43.9 Å². The zero-order valence-corrected chi connectivity index (χ0v) is 10.9. The van der Waals surface area contributed by atoms with E-state index in [4.69, 9.17) is 0 Å². The minimum absolute atomic E-state index is 0.210. The quantitative estimate of drug-likeness (QED) is 0.802. The first-order valence-corrected chi connectivity index (χ1v) is 6.75. The molecule has 0 amide bonds. The van der Waals surface area contributed by atoms with E-state index in [2.05, 4.69) is 18.0 Å². The van der Waals surface area contributed by atoms with Crippen LogP contribution in [0.1, 0.15) is 29.2 Å². The van der Waals surface area contributed by atoms with Crippen LogP contribution in [0.15, 0.2) is 23.5 Å². The number of fused-ring (bicyclic) bond motifs is 4.